The number of carbonyl (C=O) groups is 3. The van der Waals surface area contributed by atoms with Crippen LogP contribution in [0.2, 0.25) is 0 Å². The molecule has 0 spiro atoms. The van der Waals surface area contributed by atoms with Gasteiger partial charge in [-0.15, -0.1) is 0 Å². The molecule has 3 heterocycles. The van der Waals surface area contributed by atoms with Crippen molar-refractivity contribution in [1.29, 1.82) is 0 Å². The van der Waals surface area contributed by atoms with Crippen LogP contribution in [0.4, 0.5) is 16.2 Å². The van der Waals surface area contributed by atoms with E-state index >= 15 is 0 Å². The van der Waals surface area contributed by atoms with Gasteiger partial charge in [-0.1, -0.05) is 50.1 Å². The quantitative estimate of drug-likeness (QED) is 0.246. The average Bonchev–Trinajstić information content (AvgIpc) is 3.85. The van der Waals surface area contributed by atoms with Crippen LogP contribution >= 0.6 is 0 Å². The van der Waals surface area contributed by atoms with Gasteiger partial charge >= 0.3 is 6.09 Å². The van der Waals surface area contributed by atoms with Crippen molar-refractivity contribution in [3.63, 3.8) is 0 Å². The molecule has 1 unspecified atom stereocenters. The highest BCUT2D eigenvalue weighted by molar-refractivity contribution is 5.88. The lowest BCUT2D eigenvalue weighted by atomic mass is 10.0. The Morgan fingerprint density at radius 3 is 2.36 bits per heavy atom. The minimum atomic E-state index is -0.695. The van der Waals surface area contributed by atoms with Gasteiger partial charge in [0, 0.05) is 38.5 Å². The van der Waals surface area contributed by atoms with E-state index in [9.17, 15) is 14.4 Å². The molecule has 7 rings (SSSR count). The van der Waals surface area contributed by atoms with Crippen molar-refractivity contribution in [2.45, 2.75) is 45.7 Å². The Morgan fingerprint density at radius 2 is 1.69 bits per heavy atom. The zero-order valence-electron chi connectivity index (χ0n) is 26.1. The zero-order chi connectivity index (χ0) is 32.9. The summed E-state index contributed by atoms with van der Waals surface area (Å²) in [5.74, 6) is 0.942. The summed E-state index contributed by atoms with van der Waals surface area (Å²) in [4.78, 5) is 54.8. The van der Waals surface area contributed by atoms with Crippen molar-refractivity contribution < 1.29 is 24.2 Å². The molecule has 3 aromatic carbocycles. The molecule has 4 N–H and O–H groups in total. The Kier molecular flexibility index (Phi) is 12.8. The van der Waals surface area contributed by atoms with Gasteiger partial charge in [0.25, 0.3) is 5.56 Å². The number of nitrogens with zero attached hydrogens (tertiary/aromatic N) is 2. The number of H-pyrrole nitrogens is 1. The van der Waals surface area contributed by atoms with Crippen LogP contribution in [0.3, 0.4) is 0 Å². The monoisotopic (exact) mass is 615 g/mol. The van der Waals surface area contributed by atoms with Gasteiger partial charge < -0.3 is 29.8 Å². The Bertz CT molecular complexity index is 1630. The molecule has 238 valence electrons. The maximum atomic E-state index is 13.8. The number of anilines is 2. The number of aliphatic hydroxyl groups is 1. The number of likely N-dealkylation sites (N-methyl/N-ethyl adjacent to an activating group) is 1. The fourth-order valence-corrected chi connectivity index (χ4v) is 4.55. The summed E-state index contributed by atoms with van der Waals surface area (Å²) in [5.41, 5.74) is 5.21. The summed E-state index contributed by atoms with van der Waals surface area (Å²) in [6.07, 6.45) is 4.36. The van der Waals surface area contributed by atoms with E-state index in [0.717, 1.165) is 35.3 Å². The largest absolute Gasteiger partial charge is 0.449 e. The maximum absolute atomic E-state index is 13.8. The van der Waals surface area contributed by atoms with Crippen LogP contribution < -0.4 is 16.2 Å². The number of aryl methyl sites for hydroxylation is 1. The third-order valence-electron chi connectivity index (χ3n) is 7.38. The van der Waals surface area contributed by atoms with Crippen molar-refractivity contribution in [1.82, 2.24) is 14.9 Å². The summed E-state index contributed by atoms with van der Waals surface area (Å²) in [7, 11) is 2.75. The number of rotatable bonds is 2. The summed E-state index contributed by atoms with van der Waals surface area (Å²) in [6.45, 7) is 6.81. The van der Waals surface area contributed by atoms with Crippen LogP contribution in [0.15, 0.2) is 71.8 Å². The molecule has 45 heavy (non-hydrogen) atoms. The van der Waals surface area contributed by atoms with Crippen molar-refractivity contribution >= 4 is 41.1 Å². The maximum Gasteiger partial charge on any atom is 0.411 e. The molecule has 1 fully saturated rings. The van der Waals surface area contributed by atoms with Crippen molar-refractivity contribution in [3.05, 3.63) is 99.6 Å². The third-order valence-corrected chi connectivity index (χ3v) is 7.38. The Balaban J connectivity index is 0.000000619. The number of ether oxygens (including phenoxy) is 1. The number of hydrogen-bond acceptors (Lipinski definition) is 8. The van der Waals surface area contributed by atoms with E-state index in [0.29, 0.717) is 35.2 Å². The first-order valence-electron chi connectivity index (χ1n) is 14.6. The number of fused-ring (bicyclic) bond motifs is 10. The first-order chi connectivity index (χ1) is 21.8. The molecule has 4 aromatic rings. The predicted molar refractivity (Wildman–Crippen MR) is 175 cm³/mol. The number of hydrogen-bond donors (Lipinski definition) is 4. The summed E-state index contributed by atoms with van der Waals surface area (Å²) >= 11 is 0. The Labute approximate surface area is 262 Å². The third kappa shape index (κ3) is 9.73. The first-order valence-corrected chi connectivity index (χ1v) is 14.6. The topological polar surface area (TPSA) is 154 Å². The molecule has 1 saturated carbocycles. The molecule has 4 bridgehead atoms. The number of amides is 2. The van der Waals surface area contributed by atoms with E-state index in [1.807, 2.05) is 62.2 Å². The number of aromatic amines is 1. The molecular formula is C34H41N5O6. The van der Waals surface area contributed by atoms with Crippen LogP contribution in [-0.2, 0) is 27.3 Å². The second kappa shape index (κ2) is 16.7. The molecule has 11 nitrogen and oxygen atoms in total. The van der Waals surface area contributed by atoms with Gasteiger partial charge in [-0.05, 0) is 65.4 Å². The Morgan fingerprint density at radius 1 is 1.00 bits per heavy atom. The lowest BCUT2D eigenvalue weighted by Gasteiger charge is -2.27. The molecule has 2 aliphatic heterocycles. The normalized spacial score (nSPS) is 16.0. The van der Waals surface area contributed by atoms with Crippen LogP contribution in [0.5, 0.6) is 0 Å². The molecule has 2 amide bonds. The van der Waals surface area contributed by atoms with Crippen LogP contribution in [-0.4, -0.2) is 59.5 Å². The zero-order valence-corrected chi connectivity index (χ0v) is 26.1. The minimum absolute atomic E-state index is 0.141. The van der Waals surface area contributed by atoms with Crippen LogP contribution in [0.1, 0.15) is 48.1 Å². The highest BCUT2D eigenvalue weighted by atomic mass is 16.5. The lowest BCUT2D eigenvalue weighted by Crippen LogP contribution is -2.35. The van der Waals surface area contributed by atoms with Gasteiger partial charge in [-0.2, -0.15) is 0 Å². The van der Waals surface area contributed by atoms with Gasteiger partial charge in [0.15, 0.2) is 0 Å². The number of aliphatic hydroxyl groups excluding tert-OH is 1. The van der Waals surface area contributed by atoms with Crippen molar-refractivity contribution in [2.24, 2.45) is 5.92 Å². The molecule has 1 aliphatic carbocycles. The highest BCUT2D eigenvalue weighted by Crippen LogP contribution is 2.27. The standard InChI is InChI=1S/C28H27N5O4.C4H8.CH4O.CH2O/c1-17-3-8-21-13-20(17)15-33(2)27(35)25(19-6-4-18(5-7-19)11-12-37-28(36)32-21)31-22-9-10-24-23(14-22)26(34)30-16-29-24;1-4-2-3-4;2*1-2/h3-10,13-14,16,25,31H,11-12,15H2,1-2H3,(H,32,36)(H,29,30,34);4H,2-3H2,1H3;2H,1H3;1H2. The van der Waals surface area contributed by atoms with Gasteiger partial charge in [0.2, 0.25) is 5.91 Å². The van der Waals surface area contributed by atoms with E-state index < -0.39 is 12.1 Å². The SMILES string of the molecule is C=O.CC1CC1.CO.Cc1ccc2cc1CN(C)C(=O)C(Nc1ccc3nc[nH]c(=O)c3c1)c1ccc(cc1)CCOC(=O)N2. The number of carbonyl (C=O) groups excluding carboxylic acids is 3. The molecular weight excluding hydrogens is 574 g/mol. The van der Waals surface area contributed by atoms with Crippen molar-refractivity contribution in [2.75, 3.05) is 31.4 Å². The second-order valence-electron chi connectivity index (χ2n) is 10.8. The molecule has 11 heteroatoms. The average molecular weight is 616 g/mol. The van der Waals surface area contributed by atoms with Crippen LogP contribution in [0.25, 0.3) is 10.9 Å². The van der Waals surface area contributed by atoms with Crippen LogP contribution in [0, 0.1) is 12.8 Å². The molecule has 1 aromatic heterocycles. The summed E-state index contributed by atoms with van der Waals surface area (Å²) in [6, 6.07) is 17.8. The molecule has 3 aliphatic rings. The number of benzene rings is 3. The first kappa shape index (κ1) is 34.5. The highest BCUT2D eigenvalue weighted by Gasteiger charge is 2.25. The molecule has 1 atom stereocenters. The van der Waals surface area contributed by atoms with Crippen molar-refractivity contribution in [3.8, 4) is 0 Å². The fraction of sp³-hybridized carbons (Fsp3) is 0.324. The molecule has 0 radical (unpaired) electrons. The van der Waals surface area contributed by atoms with E-state index in [1.165, 1.54) is 19.2 Å². The van der Waals surface area contributed by atoms with Gasteiger partial charge in [-0.3, -0.25) is 14.9 Å². The van der Waals surface area contributed by atoms with Gasteiger partial charge in [-0.25, -0.2) is 9.78 Å². The second-order valence-corrected chi connectivity index (χ2v) is 10.8. The van der Waals surface area contributed by atoms with Gasteiger partial charge in [0.1, 0.15) is 12.8 Å². The number of aromatic nitrogens is 2. The fourth-order valence-electron chi connectivity index (χ4n) is 4.55. The molecule has 0 saturated heterocycles. The van der Waals surface area contributed by atoms with E-state index in [2.05, 4.69) is 27.5 Å². The Hall–Kier alpha value is -5.03. The summed E-state index contributed by atoms with van der Waals surface area (Å²) in [5, 5.41) is 13.5. The lowest BCUT2D eigenvalue weighted by molar-refractivity contribution is -0.131. The van der Waals surface area contributed by atoms with E-state index in [1.54, 1.807) is 24.1 Å². The van der Waals surface area contributed by atoms with E-state index in [4.69, 9.17) is 14.6 Å². The van der Waals surface area contributed by atoms with Gasteiger partial charge in [0.05, 0.1) is 23.8 Å². The predicted octanol–water partition coefficient (Wildman–Crippen LogP) is 4.99. The van der Waals surface area contributed by atoms with E-state index in [-0.39, 0.29) is 18.1 Å². The smallest absolute Gasteiger partial charge is 0.411 e. The number of nitrogens with one attached hydrogen (secondary N) is 3. The summed E-state index contributed by atoms with van der Waals surface area (Å²) < 4.78 is 5.35. The minimum Gasteiger partial charge on any atom is -0.449 e.